The van der Waals surface area contributed by atoms with Crippen LogP contribution >= 0.6 is 0 Å². The Kier molecular flexibility index (Phi) is 20.9. The minimum atomic E-state index is -0.589. The molecule has 0 bridgehead atoms. The molecule has 2 fully saturated rings. The zero-order valence-electron chi connectivity index (χ0n) is 42.8. The van der Waals surface area contributed by atoms with E-state index in [1.54, 1.807) is 4.90 Å². The molecule has 2 saturated heterocycles. The van der Waals surface area contributed by atoms with Gasteiger partial charge in [-0.2, -0.15) is 0 Å². The summed E-state index contributed by atoms with van der Waals surface area (Å²) in [5.41, 5.74) is 4.43. The van der Waals surface area contributed by atoms with E-state index in [1.807, 2.05) is 136 Å². The number of rotatable bonds is 14. The predicted octanol–water partition coefficient (Wildman–Crippen LogP) is 11.2. The number of likely N-dealkylation sites (tertiary alicyclic amines) is 1. The van der Waals surface area contributed by atoms with Crippen LogP contribution in [-0.2, 0) is 44.5 Å². The van der Waals surface area contributed by atoms with E-state index in [0.717, 1.165) is 64.3 Å². The lowest BCUT2D eigenvalue weighted by molar-refractivity contribution is 0.0154. The number of nitrogens with zero attached hydrogens (tertiary/aromatic N) is 3. The second-order valence-corrected chi connectivity index (χ2v) is 20.3. The lowest BCUT2D eigenvalue weighted by Gasteiger charge is -2.44. The smallest absolute Gasteiger partial charge is 0.410 e. The third-order valence-corrected chi connectivity index (χ3v) is 12.8. The van der Waals surface area contributed by atoms with Crippen molar-refractivity contribution in [2.75, 3.05) is 59.5 Å². The molecule has 0 atom stereocenters. The van der Waals surface area contributed by atoms with E-state index in [2.05, 4.69) is 72.0 Å². The van der Waals surface area contributed by atoms with Crippen LogP contribution in [0.3, 0.4) is 0 Å². The molecule has 11 nitrogen and oxygen atoms in total. The van der Waals surface area contributed by atoms with Crippen molar-refractivity contribution in [2.45, 2.75) is 109 Å². The maximum absolute atomic E-state index is 13.4. The monoisotopic (exact) mass is 955 g/mol. The predicted molar refractivity (Wildman–Crippen MR) is 280 cm³/mol. The van der Waals surface area contributed by atoms with Crippen molar-refractivity contribution >= 4 is 18.3 Å². The van der Waals surface area contributed by atoms with Crippen LogP contribution in [0.2, 0.25) is 0 Å². The molecule has 2 aliphatic heterocycles. The van der Waals surface area contributed by atoms with Crippen molar-refractivity contribution in [1.82, 2.24) is 20.0 Å². The van der Waals surface area contributed by atoms with Gasteiger partial charge in [0.25, 0.3) is 0 Å². The third-order valence-electron chi connectivity index (χ3n) is 12.8. The Morgan fingerprint density at radius 2 is 0.871 bits per heavy atom. The maximum Gasteiger partial charge on any atom is 0.410 e. The fraction of sp³-hybridized carbons (Fsp3) is 0.441. The molecule has 2 aliphatic rings. The molecule has 3 amide bonds. The molecule has 376 valence electrons. The Hall–Kier alpha value is -6.17. The number of aliphatic hydroxyl groups is 1. The van der Waals surface area contributed by atoms with Gasteiger partial charge in [0.15, 0.2) is 0 Å². The van der Waals surface area contributed by atoms with Crippen LogP contribution in [0.4, 0.5) is 14.4 Å². The molecule has 5 aromatic carbocycles. The highest BCUT2D eigenvalue weighted by atomic mass is 16.6. The van der Waals surface area contributed by atoms with Gasteiger partial charge in [-0.05, 0) is 121 Å². The van der Waals surface area contributed by atoms with E-state index < -0.39 is 11.2 Å². The van der Waals surface area contributed by atoms with Gasteiger partial charge in [-0.25, -0.2) is 14.4 Å². The summed E-state index contributed by atoms with van der Waals surface area (Å²) in [7, 11) is 1.00. The zero-order valence-corrected chi connectivity index (χ0v) is 42.8. The molecular weight excluding hydrogens is 877 g/mol. The number of hydrogen-bond donors (Lipinski definition) is 2. The summed E-state index contributed by atoms with van der Waals surface area (Å²) >= 11 is 0. The van der Waals surface area contributed by atoms with Gasteiger partial charge >= 0.3 is 18.3 Å². The summed E-state index contributed by atoms with van der Waals surface area (Å²) in [6, 6.07) is 51.3. The standard InChI is InChI=1S/C33H40N2O4.C25H34N2O2.CH4O/c1-32(2,3)39-31(37)35(22-19-27-13-7-4-8-14-27)26-33(29-17-11-6-12-18-29)20-23-34(24-21-33)30(36)38-25-28-15-9-5-10-16-28;1-24(2,3)29-23(28)27(19-14-21-10-6-4-7-11-21)20-25(15-17-26-18-16-25)22-12-8-5-9-13-22;1-2/h4-18H,19-26H2,1-3H3;4-13,26H,14-20H2,1-3H3;2H,1H3. The Balaban J connectivity index is 0.000000262. The Bertz CT molecular complexity index is 2270. The first-order chi connectivity index (χ1) is 33.6. The SMILES string of the molecule is CC(C)(C)OC(=O)N(CCc1ccccc1)CC1(c2ccccc2)CCN(C(=O)OCc2ccccc2)CC1.CC(C)(C)OC(=O)N(CCc1ccccc1)CC1(c2ccccc2)CCNCC1.CO. The van der Waals surface area contributed by atoms with Crippen molar-refractivity contribution in [1.29, 1.82) is 0 Å². The largest absolute Gasteiger partial charge is 0.445 e. The summed E-state index contributed by atoms with van der Waals surface area (Å²) in [5.74, 6) is 0. The molecule has 5 aromatic rings. The molecule has 2 N–H and O–H groups in total. The molecule has 0 unspecified atom stereocenters. The molecule has 11 heteroatoms. The van der Waals surface area contributed by atoms with Gasteiger partial charge in [0, 0.05) is 57.2 Å². The van der Waals surface area contributed by atoms with E-state index in [1.165, 1.54) is 22.3 Å². The molecule has 7 rings (SSSR count). The van der Waals surface area contributed by atoms with Crippen molar-refractivity contribution in [2.24, 2.45) is 0 Å². The first kappa shape index (κ1) is 54.8. The molecule has 70 heavy (non-hydrogen) atoms. The van der Waals surface area contributed by atoms with Crippen LogP contribution in [0.15, 0.2) is 152 Å². The number of piperidine rings is 2. The first-order valence-corrected chi connectivity index (χ1v) is 24.9. The number of amides is 3. The van der Waals surface area contributed by atoms with Crippen LogP contribution in [0, 0.1) is 0 Å². The summed E-state index contributed by atoms with van der Waals surface area (Å²) in [4.78, 5) is 45.0. The molecule has 0 radical (unpaired) electrons. The lowest BCUT2D eigenvalue weighted by Crippen LogP contribution is -2.52. The Morgan fingerprint density at radius 1 is 0.529 bits per heavy atom. The Labute approximate surface area is 418 Å². The molecule has 0 aliphatic carbocycles. The average Bonchev–Trinajstić information content (AvgIpc) is 3.37. The topological polar surface area (TPSA) is 121 Å². The average molecular weight is 955 g/mol. The van der Waals surface area contributed by atoms with Crippen LogP contribution in [0.1, 0.15) is 95.0 Å². The highest BCUT2D eigenvalue weighted by Gasteiger charge is 2.41. The van der Waals surface area contributed by atoms with Gasteiger partial charge in [-0.15, -0.1) is 0 Å². The molecule has 0 aromatic heterocycles. The van der Waals surface area contributed by atoms with E-state index in [-0.39, 0.29) is 35.7 Å². The highest BCUT2D eigenvalue weighted by molar-refractivity contribution is 5.69. The number of aliphatic hydroxyl groups excluding tert-OH is 1. The zero-order chi connectivity index (χ0) is 50.5. The van der Waals surface area contributed by atoms with Gasteiger partial charge in [-0.1, -0.05) is 152 Å². The third kappa shape index (κ3) is 17.4. The van der Waals surface area contributed by atoms with Gasteiger partial charge < -0.3 is 39.3 Å². The highest BCUT2D eigenvalue weighted by Crippen LogP contribution is 2.38. The number of nitrogens with one attached hydrogen (secondary N) is 1. The van der Waals surface area contributed by atoms with Gasteiger partial charge in [-0.3, -0.25) is 0 Å². The molecule has 0 spiro atoms. The van der Waals surface area contributed by atoms with Crippen molar-refractivity contribution in [3.8, 4) is 0 Å². The van der Waals surface area contributed by atoms with Crippen LogP contribution < -0.4 is 5.32 Å². The summed E-state index contributed by atoms with van der Waals surface area (Å²) < 4.78 is 17.2. The van der Waals surface area contributed by atoms with Crippen molar-refractivity contribution in [3.05, 3.63) is 179 Å². The molecule has 0 saturated carbocycles. The molecule has 2 heterocycles. The van der Waals surface area contributed by atoms with E-state index in [9.17, 15) is 14.4 Å². The van der Waals surface area contributed by atoms with Crippen LogP contribution in [0.5, 0.6) is 0 Å². The van der Waals surface area contributed by atoms with E-state index in [4.69, 9.17) is 19.3 Å². The fourth-order valence-electron chi connectivity index (χ4n) is 9.16. The molecular formula is C59H78N4O7. The summed E-state index contributed by atoms with van der Waals surface area (Å²) in [6.45, 7) is 17.2. The van der Waals surface area contributed by atoms with E-state index >= 15 is 0 Å². The minimum Gasteiger partial charge on any atom is -0.445 e. The number of hydrogen-bond acceptors (Lipinski definition) is 8. The number of carbonyl (C=O) groups excluding carboxylic acids is 3. The number of carbonyl (C=O) groups is 3. The second kappa shape index (κ2) is 26.7. The van der Waals surface area contributed by atoms with Crippen LogP contribution in [0.25, 0.3) is 0 Å². The van der Waals surface area contributed by atoms with Gasteiger partial charge in [0.2, 0.25) is 0 Å². The van der Waals surface area contributed by atoms with Crippen LogP contribution in [-0.4, -0.2) is 109 Å². The first-order valence-electron chi connectivity index (χ1n) is 24.9. The van der Waals surface area contributed by atoms with E-state index in [0.29, 0.717) is 39.3 Å². The Morgan fingerprint density at radius 3 is 1.24 bits per heavy atom. The number of benzene rings is 5. The maximum atomic E-state index is 13.4. The van der Waals surface area contributed by atoms with Gasteiger partial charge in [0.05, 0.1) is 0 Å². The van der Waals surface area contributed by atoms with Crippen molar-refractivity contribution in [3.63, 3.8) is 0 Å². The summed E-state index contributed by atoms with van der Waals surface area (Å²) in [5, 5.41) is 10.5. The second-order valence-electron chi connectivity index (χ2n) is 20.3. The minimum absolute atomic E-state index is 0.0416. The lowest BCUT2D eigenvalue weighted by atomic mass is 9.72. The quantitative estimate of drug-likeness (QED) is 0.106. The van der Waals surface area contributed by atoms with Gasteiger partial charge in [0.1, 0.15) is 17.8 Å². The van der Waals surface area contributed by atoms with Crippen molar-refractivity contribution < 1.29 is 33.7 Å². The summed E-state index contributed by atoms with van der Waals surface area (Å²) in [6.07, 6.45) is 4.22. The number of ether oxygens (including phenoxy) is 3. The normalized spacial score (nSPS) is 15.1. The fourth-order valence-corrected chi connectivity index (χ4v) is 9.16.